The number of carboxylic acid groups (broad SMARTS) is 1. The largest absolute Gasteiger partial charge is 0.479 e. The van der Waals surface area contributed by atoms with Gasteiger partial charge in [-0.05, 0) is 24.5 Å². The van der Waals surface area contributed by atoms with Crippen molar-refractivity contribution in [3.63, 3.8) is 0 Å². The molecule has 1 unspecified atom stereocenters. The number of nitrogens with one attached hydrogen (secondary N) is 1. The molecule has 0 aliphatic carbocycles. The molecule has 0 spiro atoms. The van der Waals surface area contributed by atoms with E-state index in [1.807, 2.05) is 6.92 Å². The van der Waals surface area contributed by atoms with Gasteiger partial charge in [0.1, 0.15) is 0 Å². The van der Waals surface area contributed by atoms with Gasteiger partial charge < -0.3 is 10.4 Å². The summed E-state index contributed by atoms with van der Waals surface area (Å²) >= 11 is 1.22. The maximum absolute atomic E-state index is 11.3. The van der Waals surface area contributed by atoms with Crippen LogP contribution in [-0.2, 0) is 9.67 Å². The molecule has 5 heteroatoms. The van der Waals surface area contributed by atoms with Crippen molar-refractivity contribution in [2.24, 2.45) is 0 Å². The normalized spacial score (nSPS) is 24.5. The lowest BCUT2D eigenvalue weighted by molar-refractivity contribution is -0.140. The Hall–Kier alpha value is -1.49. The van der Waals surface area contributed by atoms with Gasteiger partial charge in [-0.15, -0.1) is 0 Å². The molecule has 78 valence electrons. The summed E-state index contributed by atoms with van der Waals surface area (Å²) in [5.41, 5.74) is 1.35. The van der Waals surface area contributed by atoms with Crippen molar-refractivity contribution in [2.75, 3.05) is 0 Å². The monoisotopic (exact) mass is 222 g/mol. The number of hydrogen-bond acceptors (Lipinski definition) is 4. The van der Waals surface area contributed by atoms with Crippen molar-refractivity contribution in [2.45, 2.75) is 11.8 Å². The molecular weight excluding hydrogens is 212 g/mol. The van der Waals surface area contributed by atoms with Crippen LogP contribution in [0.2, 0.25) is 0 Å². The molecule has 4 nitrogen and oxygen atoms in total. The van der Waals surface area contributed by atoms with Crippen LogP contribution in [0.15, 0.2) is 35.5 Å². The first kappa shape index (κ1) is 10.0. The predicted octanol–water partition coefficient (Wildman–Crippen LogP) is 1.52. The zero-order valence-electron chi connectivity index (χ0n) is 8.10. The smallest absolute Gasteiger partial charge is 0.346 e. The van der Waals surface area contributed by atoms with Crippen LogP contribution in [0.3, 0.4) is 0 Å². The Morgan fingerprint density at radius 2 is 2.40 bits per heavy atom. The maximum Gasteiger partial charge on any atom is 0.346 e. The number of pyridine rings is 1. The second-order valence-electron chi connectivity index (χ2n) is 3.25. The third-order valence-corrected chi connectivity index (χ3v) is 3.42. The van der Waals surface area contributed by atoms with Gasteiger partial charge in [0.05, 0.1) is 5.69 Å². The number of nitrogens with zero attached hydrogens (tertiary/aromatic N) is 1. The summed E-state index contributed by atoms with van der Waals surface area (Å²) in [6.45, 7) is 1.83. The number of rotatable bonds is 2. The summed E-state index contributed by atoms with van der Waals surface area (Å²) in [6.07, 6.45) is 1.59. The van der Waals surface area contributed by atoms with Crippen molar-refractivity contribution in [3.05, 3.63) is 41.2 Å². The van der Waals surface area contributed by atoms with E-state index < -0.39 is 10.8 Å². The zero-order valence-corrected chi connectivity index (χ0v) is 8.91. The Morgan fingerprint density at radius 3 is 2.87 bits per heavy atom. The van der Waals surface area contributed by atoms with E-state index in [4.69, 9.17) is 0 Å². The van der Waals surface area contributed by atoms with Gasteiger partial charge in [0.15, 0.2) is 0 Å². The fourth-order valence-electron chi connectivity index (χ4n) is 1.42. The molecule has 2 heterocycles. The standard InChI is InChI=1S/C10H10N2O2S/c1-7-6-15-10(12-7,9(13)14)8-4-2-3-5-11-8/h2-6,12H,1H3,(H,13,14). The minimum Gasteiger partial charge on any atom is -0.479 e. The van der Waals surface area contributed by atoms with E-state index in [1.54, 1.807) is 29.8 Å². The minimum absolute atomic E-state index is 0.510. The van der Waals surface area contributed by atoms with Gasteiger partial charge in [-0.2, -0.15) is 0 Å². The highest BCUT2D eigenvalue weighted by Crippen LogP contribution is 2.39. The molecule has 1 aromatic heterocycles. The summed E-state index contributed by atoms with van der Waals surface area (Å²) in [5.74, 6) is -0.931. The molecule has 0 bridgehead atoms. The number of hydrogen-bond donors (Lipinski definition) is 2. The van der Waals surface area contributed by atoms with Gasteiger partial charge in [-0.25, -0.2) is 4.79 Å². The van der Waals surface area contributed by atoms with E-state index in [0.29, 0.717) is 5.69 Å². The first-order chi connectivity index (χ1) is 7.15. The van der Waals surface area contributed by atoms with Crippen LogP contribution in [0.4, 0.5) is 0 Å². The van der Waals surface area contributed by atoms with Gasteiger partial charge in [-0.3, -0.25) is 4.98 Å². The summed E-state index contributed by atoms with van der Waals surface area (Å²) in [5, 5.41) is 14.0. The topological polar surface area (TPSA) is 62.2 Å². The number of carboxylic acids is 1. The summed E-state index contributed by atoms with van der Waals surface area (Å²) in [7, 11) is 0. The van der Waals surface area contributed by atoms with Crippen molar-refractivity contribution >= 4 is 17.7 Å². The Bertz CT molecular complexity index is 419. The predicted molar refractivity (Wildman–Crippen MR) is 58.0 cm³/mol. The van der Waals surface area contributed by atoms with Crippen molar-refractivity contribution in [1.29, 1.82) is 0 Å². The number of aromatic nitrogens is 1. The Morgan fingerprint density at radius 1 is 1.60 bits per heavy atom. The van der Waals surface area contributed by atoms with Gasteiger partial charge in [-0.1, -0.05) is 17.8 Å². The molecule has 15 heavy (non-hydrogen) atoms. The van der Waals surface area contributed by atoms with Crippen LogP contribution in [0.25, 0.3) is 0 Å². The molecule has 1 aromatic rings. The van der Waals surface area contributed by atoms with Crippen LogP contribution in [-0.4, -0.2) is 16.1 Å². The lowest BCUT2D eigenvalue weighted by Crippen LogP contribution is -2.43. The summed E-state index contributed by atoms with van der Waals surface area (Å²) in [4.78, 5) is 14.2. The van der Waals surface area contributed by atoms with Gasteiger partial charge in [0, 0.05) is 11.9 Å². The lowest BCUT2D eigenvalue weighted by atomic mass is 10.1. The Kier molecular flexibility index (Phi) is 2.40. The molecule has 0 saturated carbocycles. The highest BCUT2D eigenvalue weighted by atomic mass is 32.2. The first-order valence-corrected chi connectivity index (χ1v) is 5.31. The van der Waals surface area contributed by atoms with Crippen LogP contribution in [0.5, 0.6) is 0 Å². The maximum atomic E-state index is 11.3. The number of aliphatic carboxylic acids is 1. The molecule has 1 atom stereocenters. The van der Waals surface area contributed by atoms with Gasteiger partial charge >= 0.3 is 5.97 Å². The van der Waals surface area contributed by atoms with E-state index >= 15 is 0 Å². The highest BCUT2D eigenvalue weighted by Gasteiger charge is 2.45. The van der Waals surface area contributed by atoms with E-state index in [0.717, 1.165) is 5.70 Å². The Labute approximate surface area is 91.4 Å². The van der Waals surface area contributed by atoms with Crippen LogP contribution in [0, 0.1) is 0 Å². The molecule has 1 aliphatic heterocycles. The molecule has 2 N–H and O–H groups in total. The third kappa shape index (κ3) is 1.59. The summed E-state index contributed by atoms with van der Waals surface area (Å²) < 4.78 is 0. The minimum atomic E-state index is -1.16. The Balaban J connectivity index is 2.42. The summed E-state index contributed by atoms with van der Waals surface area (Å²) in [6, 6.07) is 5.25. The zero-order chi connectivity index (χ0) is 10.9. The van der Waals surface area contributed by atoms with Crippen LogP contribution >= 0.6 is 11.8 Å². The average molecular weight is 222 g/mol. The van der Waals surface area contributed by atoms with Gasteiger partial charge in [0.2, 0.25) is 4.87 Å². The van der Waals surface area contributed by atoms with Crippen molar-refractivity contribution < 1.29 is 9.90 Å². The third-order valence-electron chi connectivity index (χ3n) is 2.11. The number of allylic oxidation sites excluding steroid dienone is 1. The molecule has 0 saturated heterocycles. The van der Waals surface area contributed by atoms with E-state index in [2.05, 4.69) is 10.3 Å². The fourth-order valence-corrected chi connectivity index (χ4v) is 2.40. The van der Waals surface area contributed by atoms with Crippen molar-refractivity contribution in [1.82, 2.24) is 10.3 Å². The fraction of sp³-hybridized carbons (Fsp3) is 0.200. The van der Waals surface area contributed by atoms with E-state index in [-0.39, 0.29) is 0 Å². The molecule has 0 amide bonds. The quantitative estimate of drug-likeness (QED) is 0.794. The SMILES string of the molecule is CC1=CSC(C(=O)O)(c2ccccn2)N1. The van der Waals surface area contributed by atoms with E-state index in [9.17, 15) is 9.90 Å². The second kappa shape index (κ2) is 3.58. The van der Waals surface area contributed by atoms with Gasteiger partial charge in [0.25, 0.3) is 0 Å². The number of carbonyl (C=O) groups is 1. The highest BCUT2D eigenvalue weighted by molar-refractivity contribution is 8.03. The molecular formula is C10H10N2O2S. The molecule has 0 radical (unpaired) electrons. The number of thioether (sulfide) groups is 1. The lowest BCUT2D eigenvalue weighted by Gasteiger charge is -2.23. The van der Waals surface area contributed by atoms with Crippen molar-refractivity contribution in [3.8, 4) is 0 Å². The van der Waals surface area contributed by atoms with Crippen LogP contribution < -0.4 is 5.32 Å². The van der Waals surface area contributed by atoms with E-state index in [1.165, 1.54) is 11.8 Å². The first-order valence-electron chi connectivity index (χ1n) is 4.43. The average Bonchev–Trinajstić information content (AvgIpc) is 2.63. The molecule has 0 fully saturated rings. The second-order valence-corrected chi connectivity index (χ2v) is 4.33. The molecule has 1 aliphatic rings. The van der Waals surface area contributed by atoms with Crippen LogP contribution in [0.1, 0.15) is 12.6 Å². The molecule has 2 rings (SSSR count). The molecule has 0 aromatic carbocycles.